The third kappa shape index (κ3) is 5.23. The van der Waals surface area contributed by atoms with Crippen LogP contribution in [0.3, 0.4) is 0 Å². The van der Waals surface area contributed by atoms with Crippen molar-refractivity contribution in [1.82, 2.24) is 9.88 Å². The number of nitrogens with one attached hydrogen (secondary N) is 2. The van der Waals surface area contributed by atoms with E-state index in [0.717, 1.165) is 29.9 Å². The van der Waals surface area contributed by atoms with E-state index >= 15 is 0 Å². The molecule has 1 aromatic heterocycles. The smallest absolute Gasteiger partial charge is 0.281 e. The Kier molecular flexibility index (Phi) is 7.82. The second-order valence-electron chi connectivity index (χ2n) is 10.6. The van der Waals surface area contributed by atoms with E-state index in [1.165, 1.54) is 4.88 Å². The SMILES string of the molecule is C[C@H](C(=O)N(C)CCC#N)[C@H]1CC[C@]2(C)Cc3sc(NC(=O)C[NH+](C)C)nc3[C@@H](C)[C@@H]2[C@H]1O. The van der Waals surface area contributed by atoms with Crippen LogP contribution in [-0.4, -0.2) is 67.1 Å². The lowest BCUT2D eigenvalue weighted by atomic mass is 9.53. The highest BCUT2D eigenvalue weighted by atomic mass is 32.1. The second-order valence-corrected chi connectivity index (χ2v) is 11.6. The number of aliphatic hydroxyl groups excluding tert-OH is 1. The Bertz CT molecular complexity index is 926. The zero-order valence-corrected chi connectivity index (χ0v) is 21.5. The van der Waals surface area contributed by atoms with Crippen LogP contribution in [0.5, 0.6) is 0 Å². The molecule has 2 aliphatic carbocycles. The molecule has 0 aromatic carbocycles. The summed E-state index contributed by atoms with van der Waals surface area (Å²) in [5, 5.41) is 23.9. The van der Waals surface area contributed by atoms with Crippen molar-refractivity contribution < 1.29 is 19.6 Å². The number of carbonyl (C=O) groups excluding carboxylic acids is 2. The van der Waals surface area contributed by atoms with E-state index in [1.54, 1.807) is 23.3 Å². The van der Waals surface area contributed by atoms with Crippen molar-refractivity contribution in [2.45, 2.75) is 58.5 Å². The van der Waals surface area contributed by atoms with Crippen LogP contribution in [0.4, 0.5) is 5.13 Å². The number of amides is 2. The number of hydrogen-bond donors (Lipinski definition) is 3. The minimum absolute atomic E-state index is 0.000265. The van der Waals surface area contributed by atoms with Gasteiger partial charge in [0.2, 0.25) is 5.91 Å². The number of quaternary nitrogens is 1. The molecule has 3 rings (SSSR count). The lowest BCUT2D eigenvalue weighted by Gasteiger charge is -2.53. The average molecular weight is 477 g/mol. The number of thiazole rings is 1. The summed E-state index contributed by atoms with van der Waals surface area (Å²) >= 11 is 1.55. The Morgan fingerprint density at radius 2 is 2.15 bits per heavy atom. The number of carbonyl (C=O) groups is 2. The summed E-state index contributed by atoms with van der Waals surface area (Å²) in [4.78, 5) is 33.8. The molecule has 2 aliphatic rings. The van der Waals surface area contributed by atoms with Gasteiger partial charge in [0.25, 0.3) is 5.91 Å². The fourth-order valence-electron chi connectivity index (χ4n) is 5.94. The second kappa shape index (κ2) is 10.1. The van der Waals surface area contributed by atoms with E-state index in [1.807, 2.05) is 21.0 Å². The molecule has 2 amide bonds. The van der Waals surface area contributed by atoms with E-state index in [4.69, 9.17) is 10.2 Å². The molecule has 0 radical (unpaired) electrons. The van der Waals surface area contributed by atoms with Gasteiger partial charge >= 0.3 is 0 Å². The molecule has 0 bridgehead atoms. The number of nitriles is 1. The summed E-state index contributed by atoms with van der Waals surface area (Å²) in [5.41, 5.74) is 0.902. The number of fused-ring (bicyclic) bond motifs is 2. The molecule has 6 atom stereocenters. The lowest BCUT2D eigenvalue weighted by Crippen LogP contribution is -3.06. The number of hydrogen-bond acceptors (Lipinski definition) is 6. The number of aliphatic hydroxyl groups is 1. The zero-order valence-electron chi connectivity index (χ0n) is 20.6. The van der Waals surface area contributed by atoms with E-state index in [0.29, 0.717) is 24.6 Å². The highest BCUT2D eigenvalue weighted by molar-refractivity contribution is 7.15. The predicted molar refractivity (Wildman–Crippen MR) is 128 cm³/mol. The maximum Gasteiger partial charge on any atom is 0.281 e. The molecule has 0 aliphatic heterocycles. The van der Waals surface area contributed by atoms with Crippen molar-refractivity contribution in [1.29, 1.82) is 5.26 Å². The number of likely N-dealkylation sites (N-methyl/N-ethyl adjacent to an activating group) is 1. The summed E-state index contributed by atoms with van der Waals surface area (Å²) in [7, 11) is 5.60. The van der Waals surface area contributed by atoms with Crippen molar-refractivity contribution in [3.05, 3.63) is 10.6 Å². The first-order valence-corrected chi connectivity index (χ1v) is 12.7. The summed E-state index contributed by atoms with van der Waals surface area (Å²) in [6.07, 6.45) is 2.27. The predicted octanol–water partition coefficient (Wildman–Crippen LogP) is 1.29. The largest absolute Gasteiger partial charge is 0.392 e. The van der Waals surface area contributed by atoms with Gasteiger partial charge in [-0.05, 0) is 36.5 Å². The van der Waals surface area contributed by atoms with Gasteiger partial charge in [0, 0.05) is 30.3 Å². The van der Waals surface area contributed by atoms with Crippen LogP contribution < -0.4 is 10.2 Å². The maximum absolute atomic E-state index is 12.9. The number of nitrogens with zero attached hydrogens (tertiary/aromatic N) is 3. The van der Waals surface area contributed by atoms with Crippen molar-refractivity contribution in [3.8, 4) is 6.07 Å². The molecule has 0 spiro atoms. The quantitative estimate of drug-likeness (QED) is 0.549. The number of anilines is 1. The Morgan fingerprint density at radius 3 is 2.79 bits per heavy atom. The molecule has 9 heteroatoms. The molecule has 1 aromatic rings. The van der Waals surface area contributed by atoms with Crippen molar-refractivity contribution >= 4 is 28.3 Å². The van der Waals surface area contributed by atoms with Crippen molar-refractivity contribution in [2.75, 3.05) is 39.5 Å². The lowest BCUT2D eigenvalue weighted by molar-refractivity contribution is -0.849. The van der Waals surface area contributed by atoms with E-state index in [-0.39, 0.29) is 40.9 Å². The van der Waals surface area contributed by atoms with E-state index in [2.05, 4.69) is 25.2 Å². The van der Waals surface area contributed by atoms with Gasteiger partial charge in [-0.25, -0.2) is 4.98 Å². The van der Waals surface area contributed by atoms with Gasteiger partial charge in [-0.2, -0.15) is 5.26 Å². The fourth-order valence-corrected chi connectivity index (χ4v) is 7.22. The van der Waals surface area contributed by atoms with Crippen molar-refractivity contribution in [3.63, 3.8) is 0 Å². The van der Waals surface area contributed by atoms with Gasteiger partial charge in [-0.1, -0.05) is 20.8 Å². The Hall–Kier alpha value is -2.02. The Morgan fingerprint density at radius 1 is 1.45 bits per heavy atom. The summed E-state index contributed by atoms with van der Waals surface area (Å²) in [6.45, 7) is 7.06. The van der Waals surface area contributed by atoms with Gasteiger partial charge in [-0.15, -0.1) is 11.3 Å². The standard InChI is InChI=1S/C24H37N5O3S/c1-14(22(32)29(6)11-7-10-25)16-8-9-24(3)12-17-20(15(2)19(24)21(16)31)27-23(33-17)26-18(30)13-28(4)5/h14-16,19,21,31H,7-9,11-13H2,1-6H3,(H,26,27,30)/p+1/t14-,15-,16+,19+,21-,24+/m0/s1. The summed E-state index contributed by atoms with van der Waals surface area (Å²) in [5.74, 6) is -0.448. The molecule has 1 saturated carbocycles. The fraction of sp³-hybridized carbons (Fsp3) is 0.750. The molecule has 3 N–H and O–H groups in total. The zero-order chi connectivity index (χ0) is 24.5. The first-order chi connectivity index (χ1) is 15.5. The average Bonchev–Trinajstić information content (AvgIpc) is 3.12. The van der Waals surface area contributed by atoms with Gasteiger partial charge in [0.1, 0.15) is 0 Å². The molecule has 33 heavy (non-hydrogen) atoms. The highest BCUT2D eigenvalue weighted by Gasteiger charge is 2.54. The molecular weight excluding hydrogens is 438 g/mol. The monoisotopic (exact) mass is 476 g/mol. The third-order valence-corrected chi connectivity index (χ3v) is 8.64. The van der Waals surface area contributed by atoms with Gasteiger partial charge in [-0.3, -0.25) is 14.9 Å². The first-order valence-electron chi connectivity index (χ1n) is 11.9. The van der Waals surface area contributed by atoms with Crippen LogP contribution in [-0.2, 0) is 16.0 Å². The van der Waals surface area contributed by atoms with Gasteiger partial charge in [0.15, 0.2) is 11.7 Å². The van der Waals surface area contributed by atoms with Gasteiger partial charge in [0.05, 0.1) is 38.4 Å². The van der Waals surface area contributed by atoms with Crippen LogP contribution >= 0.6 is 11.3 Å². The molecular formula is C24H38N5O3S+. The molecule has 1 fully saturated rings. The number of rotatable bonds is 7. The highest BCUT2D eigenvalue weighted by Crippen LogP contribution is 2.57. The minimum Gasteiger partial charge on any atom is -0.392 e. The van der Waals surface area contributed by atoms with Crippen LogP contribution in [0.2, 0.25) is 0 Å². The van der Waals surface area contributed by atoms with Crippen LogP contribution in [0.25, 0.3) is 0 Å². The first kappa shape index (κ1) is 25.6. The van der Waals surface area contributed by atoms with Gasteiger partial charge < -0.3 is 14.9 Å². The number of aromatic nitrogens is 1. The molecule has 0 unspecified atom stereocenters. The molecule has 0 saturated heterocycles. The molecule has 182 valence electrons. The van der Waals surface area contributed by atoms with Crippen LogP contribution in [0, 0.1) is 34.5 Å². The topological polar surface area (TPSA) is 111 Å². The van der Waals surface area contributed by atoms with Crippen molar-refractivity contribution in [2.24, 2.45) is 23.2 Å². The van der Waals surface area contributed by atoms with E-state index in [9.17, 15) is 14.7 Å². The van der Waals surface area contributed by atoms with Crippen LogP contribution in [0.15, 0.2) is 0 Å². The third-order valence-electron chi connectivity index (χ3n) is 7.65. The van der Waals surface area contributed by atoms with Crippen LogP contribution in [0.1, 0.15) is 56.5 Å². The molecule has 8 nitrogen and oxygen atoms in total. The van der Waals surface area contributed by atoms with E-state index < -0.39 is 6.10 Å². The molecule has 1 heterocycles. The normalized spacial score (nSPS) is 29.5. The Labute approximate surface area is 201 Å². The maximum atomic E-state index is 12.9. The summed E-state index contributed by atoms with van der Waals surface area (Å²) < 4.78 is 0. The minimum atomic E-state index is -0.604. The summed E-state index contributed by atoms with van der Waals surface area (Å²) in [6, 6.07) is 2.08. The Balaban J connectivity index is 1.78.